The van der Waals surface area contributed by atoms with Crippen LogP contribution in [-0.4, -0.2) is 88.4 Å². The Morgan fingerprint density at radius 2 is 1.09 bits per heavy atom. The Bertz CT molecular complexity index is 1220. The molecule has 324 valence electrons. The number of hydrogen-bond acceptors (Lipinski definition) is 10. The molecule has 6 atom stereocenters. The van der Waals surface area contributed by atoms with Crippen LogP contribution in [0.4, 0.5) is 0 Å². The third-order valence-electron chi connectivity index (χ3n) is 9.32. The van der Waals surface area contributed by atoms with Crippen molar-refractivity contribution in [3.05, 3.63) is 72.9 Å². The average Bonchev–Trinajstić information content (AvgIpc) is 3.19. The summed E-state index contributed by atoms with van der Waals surface area (Å²) in [5.74, 6) is -2.62. The molecule has 4 N–H and O–H groups in total. The van der Waals surface area contributed by atoms with Crippen molar-refractivity contribution in [1.29, 1.82) is 0 Å². The average molecular weight is 803 g/mol. The third-order valence-corrected chi connectivity index (χ3v) is 9.32. The third kappa shape index (κ3) is 27.8. The van der Waals surface area contributed by atoms with E-state index in [1.54, 1.807) is 6.08 Å². The molecule has 0 aromatic rings. The summed E-state index contributed by atoms with van der Waals surface area (Å²) in [5.41, 5.74) is 0. The number of unbranched alkanes of at least 4 members (excludes halogenated alkanes) is 12. The number of carboxylic acids is 1. The molecule has 0 aromatic heterocycles. The van der Waals surface area contributed by atoms with Gasteiger partial charge in [-0.15, -0.1) is 0 Å². The molecule has 57 heavy (non-hydrogen) atoms. The Morgan fingerprint density at radius 1 is 0.579 bits per heavy atom. The molecule has 0 amide bonds. The SMILES string of the molecule is CC/C=C\C/C=C\C/C=C\C/C=C\C/C=C\CC(=O)OCC(COC1OC(C(=O)O)C(O)C(O)C1O)OC(=O)CCCCCCC/C=C\CCCCCCCCC. The number of allylic oxidation sites excluding steroid dienone is 11. The Labute approximate surface area is 342 Å². The molecule has 1 heterocycles. The van der Waals surface area contributed by atoms with Gasteiger partial charge in [-0.05, 0) is 64.2 Å². The second-order valence-electron chi connectivity index (χ2n) is 14.5. The Morgan fingerprint density at radius 3 is 1.63 bits per heavy atom. The monoisotopic (exact) mass is 803 g/mol. The molecule has 0 radical (unpaired) electrons. The quantitative estimate of drug-likeness (QED) is 0.0278. The zero-order valence-corrected chi connectivity index (χ0v) is 34.8. The highest BCUT2D eigenvalue weighted by Crippen LogP contribution is 2.23. The number of aliphatic hydroxyl groups excluding tert-OH is 3. The van der Waals surface area contributed by atoms with Gasteiger partial charge in [0.1, 0.15) is 24.9 Å². The summed E-state index contributed by atoms with van der Waals surface area (Å²) in [4.78, 5) is 36.7. The summed E-state index contributed by atoms with van der Waals surface area (Å²) in [7, 11) is 0. The van der Waals surface area contributed by atoms with Gasteiger partial charge in [0.15, 0.2) is 18.5 Å². The molecular formula is C46H74O11. The topological polar surface area (TPSA) is 169 Å². The number of hydrogen-bond donors (Lipinski definition) is 4. The normalized spacial score (nSPS) is 20.9. The van der Waals surface area contributed by atoms with E-state index in [4.69, 9.17) is 18.9 Å². The van der Waals surface area contributed by atoms with Gasteiger partial charge in [-0.2, -0.15) is 0 Å². The summed E-state index contributed by atoms with van der Waals surface area (Å²) in [6.45, 7) is 3.58. The number of carbonyl (C=O) groups excluding carboxylic acids is 2. The molecule has 11 heteroatoms. The largest absolute Gasteiger partial charge is 0.479 e. The van der Waals surface area contributed by atoms with Crippen LogP contribution >= 0.6 is 0 Å². The van der Waals surface area contributed by atoms with Crippen molar-refractivity contribution in [2.24, 2.45) is 0 Å². The first-order valence-electron chi connectivity index (χ1n) is 21.5. The maximum absolute atomic E-state index is 12.7. The van der Waals surface area contributed by atoms with Crippen LogP contribution in [0.5, 0.6) is 0 Å². The first-order valence-corrected chi connectivity index (χ1v) is 21.5. The highest BCUT2D eigenvalue weighted by molar-refractivity contribution is 5.73. The van der Waals surface area contributed by atoms with Gasteiger partial charge >= 0.3 is 17.9 Å². The van der Waals surface area contributed by atoms with Crippen molar-refractivity contribution in [2.75, 3.05) is 13.2 Å². The summed E-state index contributed by atoms with van der Waals surface area (Å²) in [5, 5.41) is 39.7. The molecule has 6 unspecified atom stereocenters. The predicted octanol–water partition coefficient (Wildman–Crippen LogP) is 8.92. The van der Waals surface area contributed by atoms with Crippen LogP contribution in [0.2, 0.25) is 0 Å². The van der Waals surface area contributed by atoms with Crippen LogP contribution in [0, 0.1) is 0 Å². The minimum Gasteiger partial charge on any atom is -0.479 e. The molecule has 1 fully saturated rings. The summed E-state index contributed by atoms with van der Waals surface area (Å²) < 4.78 is 21.6. The van der Waals surface area contributed by atoms with Crippen LogP contribution in [0.15, 0.2) is 72.9 Å². The van der Waals surface area contributed by atoms with E-state index in [-0.39, 0.29) is 19.4 Å². The standard InChI is InChI=1S/C46H74O11/c1-3-5-7-9-11-13-15-17-19-21-23-25-27-29-31-33-35-40(48)56-38(37-55-46-43(51)41(49)42(50)44(57-46)45(52)53)36-54-39(47)34-32-30-28-26-24-22-20-18-16-14-12-10-8-6-4-2/h6,8,12,14,18-21,24,26,30,32,38,41-44,46,49-51H,3-5,7,9-11,13,15-17,22-23,25,27-29,31,33-37H2,1-2H3,(H,52,53)/b8-6-,14-12-,20-18-,21-19-,26-24-,32-30-. The number of rotatable bonds is 34. The van der Waals surface area contributed by atoms with Gasteiger partial charge in [0.2, 0.25) is 0 Å². The van der Waals surface area contributed by atoms with Crippen molar-refractivity contribution in [3.63, 3.8) is 0 Å². The molecule has 0 bridgehead atoms. The molecular weight excluding hydrogens is 728 g/mol. The second kappa shape index (κ2) is 35.8. The first-order chi connectivity index (χ1) is 27.7. The smallest absolute Gasteiger partial charge is 0.335 e. The van der Waals surface area contributed by atoms with E-state index in [1.807, 2.05) is 12.2 Å². The lowest BCUT2D eigenvalue weighted by molar-refractivity contribution is -0.298. The van der Waals surface area contributed by atoms with E-state index in [2.05, 4.69) is 68.5 Å². The maximum Gasteiger partial charge on any atom is 0.335 e. The molecule has 1 saturated heterocycles. The van der Waals surface area contributed by atoms with E-state index < -0.39 is 61.3 Å². The maximum atomic E-state index is 12.7. The van der Waals surface area contributed by atoms with Crippen molar-refractivity contribution in [2.45, 2.75) is 185 Å². The Kier molecular flexibility index (Phi) is 32.4. The van der Waals surface area contributed by atoms with Gasteiger partial charge in [0.25, 0.3) is 0 Å². The van der Waals surface area contributed by atoms with Crippen molar-refractivity contribution >= 4 is 17.9 Å². The van der Waals surface area contributed by atoms with Gasteiger partial charge in [-0.25, -0.2) is 4.79 Å². The molecule has 1 aliphatic heterocycles. The highest BCUT2D eigenvalue weighted by Gasteiger charge is 2.47. The minimum absolute atomic E-state index is 0.00114. The van der Waals surface area contributed by atoms with Gasteiger partial charge in [0.05, 0.1) is 13.0 Å². The van der Waals surface area contributed by atoms with E-state index in [1.165, 1.54) is 44.9 Å². The van der Waals surface area contributed by atoms with Crippen LogP contribution in [0.3, 0.4) is 0 Å². The highest BCUT2D eigenvalue weighted by atomic mass is 16.7. The van der Waals surface area contributed by atoms with E-state index >= 15 is 0 Å². The van der Waals surface area contributed by atoms with Crippen LogP contribution < -0.4 is 0 Å². The van der Waals surface area contributed by atoms with Crippen LogP contribution in [-0.2, 0) is 33.3 Å². The molecule has 1 aliphatic rings. The second-order valence-corrected chi connectivity index (χ2v) is 14.5. The van der Waals surface area contributed by atoms with Crippen molar-refractivity contribution in [1.82, 2.24) is 0 Å². The zero-order valence-electron chi connectivity index (χ0n) is 34.8. The number of carbonyl (C=O) groups is 3. The number of carboxylic acid groups (broad SMARTS) is 1. The summed E-state index contributed by atoms with van der Waals surface area (Å²) in [6.07, 6.45) is 35.5. The molecule has 0 aliphatic carbocycles. The fourth-order valence-electron chi connectivity index (χ4n) is 5.94. The van der Waals surface area contributed by atoms with Crippen LogP contribution in [0.1, 0.15) is 149 Å². The number of ether oxygens (including phenoxy) is 4. The fourth-order valence-corrected chi connectivity index (χ4v) is 5.94. The van der Waals surface area contributed by atoms with Crippen molar-refractivity contribution < 1.29 is 53.8 Å². The minimum atomic E-state index is -1.88. The predicted molar refractivity (Wildman–Crippen MR) is 224 cm³/mol. The lowest BCUT2D eigenvalue weighted by Crippen LogP contribution is -2.60. The Balaban J connectivity index is 2.47. The fraction of sp³-hybridized carbons (Fsp3) is 0.674. The molecule has 1 rings (SSSR count). The van der Waals surface area contributed by atoms with E-state index in [9.17, 15) is 34.8 Å². The molecule has 0 aromatic carbocycles. The van der Waals surface area contributed by atoms with Crippen molar-refractivity contribution in [3.8, 4) is 0 Å². The summed E-state index contributed by atoms with van der Waals surface area (Å²) in [6, 6.07) is 0. The zero-order chi connectivity index (χ0) is 41.8. The van der Waals surface area contributed by atoms with E-state index in [0.29, 0.717) is 12.8 Å². The van der Waals surface area contributed by atoms with Gasteiger partial charge < -0.3 is 39.4 Å². The first kappa shape index (κ1) is 51.7. The lowest BCUT2D eigenvalue weighted by atomic mass is 9.99. The molecule has 11 nitrogen and oxygen atoms in total. The van der Waals surface area contributed by atoms with Gasteiger partial charge in [-0.3, -0.25) is 9.59 Å². The van der Waals surface area contributed by atoms with Crippen LogP contribution in [0.25, 0.3) is 0 Å². The number of esters is 2. The van der Waals surface area contributed by atoms with Gasteiger partial charge in [-0.1, -0.05) is 145 Å². The molecule has 0 saturated carbocycles. The van der Waals surface area contributed by atoms with E-state index in [0.717, 1.165) is 64.2 Å². The lowest BCUT2D eigenvalue weighted by Gasteiger charge is -2.38. The molecule has 0 spiro atoms. The number of aliphatic hydroxyl groups is 3. The summed E-state index contributed by atoms with van der Waals surface area (Å²) >= 11 is 0. The number of aliphatic carboxylic acids is 1. The Hall–Kier alpha value is -3.35. The van der Waals surface area contributed by atoms with Gasteiger partial charge in [0, 0.05) is 6.42 Å².